The third-order valence-corrected chi connectivity index (χ3v) is 6.02. The fraction of sp³-hybridized carbons (Fsp3) is 0.167. The summed E-state index contributed by atoms with van der Waals surface area (Å²) in [6.07, 6.45) is 3.77. The molecule has 31 heavy (non-hydrogen) atoms. The lowest BCUT2D eigenvalue weighted by molar-refractivity contribution is 0.324. The minimum absolute atomic E-state index is 0.219. The fourth-order valence-electron chi connectivity index (χ4n) is 3.03. The van der Waals surface area contributed by atoms with Crippen molar-refractivity contribution in [2.45, 2.75) is 11.8 Å². The molecule has 3 aromatic carbocycles. The highest BCUT2D eigenvalue weighted by molar-refractivity contribution is 7.92. The summed E-state index contributed by atoms with van der Waals surface area (Å²) in [4.78, 5) is 0.219. The van der Waals surface area contributed by atoms with Gasteiger partial charge in [0.25, 0.3) is 10.0 Å². The van der Waals surface area contributed by atoms with Gasteiger partial charge in [0.15, 0.2) is 11.5 Å². The minimum Gasteiger partial charge on any atom is -0.493 e. The molecular formula is C24H25NO5S. The Morgan fingerprint density at radius 1 is 0.774 bits per heavy atom. The number of aryl methyl sites for hydroxylation is 1. The number of benzene rings is 3. The van der Waals surface area contributed by atoms with Gasteiger partial charge in [0.2, 0.25) is 5.75 Å². The van der Waals surface area contributed by atoms with E-state index in [1.54, 1.807) is 63.8 Å². The summed E-state index contributed by atoms with van der Waals surface area (Å²) in [5.41, 5.74) is 3.16. The van der Waals surface area contributed by atoms with Crippen LogP contribution in [0.3, 0.4) is 0 Å². The first kappa shape index (κ1) is 22.2. The highest BCUT2D eigenvalue weighted by atomic mass is 32.2. The predicted molar refractivity (Wildman–Crippen MR) is 123 cm³/mol. The van der Waals surface area contributed by atoms with E-state index in [1.165, 1.54) is 0 Å². The summed E-state index contributed by atoms with van der Waals surface area (Å²) >= 11 is 0. The lowest BCUT2D eigenvalue weighted by Gasteiger charge is -2.13. The molecule has 0 aliphatic rings. The van der Waals surface area contributed by atoms with Crippen molar-refractivity contribution in [3.8, 4) is 17.2 Å². The Hall–Kier alpha value is -3.45. The molecule has 1 N–H and O–H groups in total. The Morgan fingerprint density at radius 2 is 1.39 bits per heavy atom. The van der Waals surface area contributed by atoms with Gasteiger partial charge in [-0.25, -0.2) is 8.42 Å². The maximum atomic E-state index is 12.6. The molecule has 0 saturated carbocycles. The van der Waals surface area contributed by atoms with Crippen LogP contribution in [0.2, 0.25) is 0 Å². The summed E-state index contributed by atoms with van der Waals surface area (Å²) in [7, 11) is 1.02. The molecule has 0 saturated heterocycles. The fourth-order valence-corrected chi connectivity index (χ4v) is 4.08. The van der Waals surface area contributed by atoms with E-state index in [1.807, 2.05) is 37.3 Å². The zero-order valence-electron chi connectivity index (χ0n) is 17.9. The van der Waals surface area contributed by atoms with Crippen molar-refractivity contribution in [2.24, 2.45) is 0 Å². The quantitative estimate of drug-likeness (QED) is 0.501. The van der Waals surface area contributed by atoms with Gasteiger partial charge >= 0.3 is 0 Å². The summed E-state index contributed by atoms with van der Waals surface area (Å²) < 4.78 is 44.0. The number of anilines is 1. The van der Waals surface area contributed by atoms with Crippen LogP contribution in [0.1, 0.15) is 16.7 Å². The van der Waals surface area contributed by atoms with E-state index in [0.717, 1.165) is 16.7 Å². The molecule has 0 bridgehead atoms. The number of nitrogens with one attached hydrogen (secondary N) is 1. The number of ether oxygens (including phenoxy) is 3. The van der Waals surface area contributed by atoms with Crippen LogP contribution in [0.25, 0.3) is 12.2 Å². The molecule has 3 aromatic rings. The second-order valence-corrected chi connectivity index (χ2v) is 8.52. The van der Waals surface area contributed by atoms with Crippen molar-refractivity contribution < 1.29 is 22.6 Å². The van der Waals surface area contributed by atoms with Crippen molar-refractivity contribution in [2.75, 3.05) is 26.1 Å². The molecule has 7 heteroatoms. The lowest BCUT2D eigenvalue weighted by atomic mass is 10.1. The molecule has 0 unspecified atom stereocenters. The zero-order chi connectivity index (χ0) is 22.4. The molecule has 0 amide bonds. The third kappa shape index (κ3) is 5.38. The Morgan fingerprint density at radius 3 is 1.97 bits per heavy atom. The Bertz CT molecular complexity index is 1160. The zero-order valence-corrected chi connectivity index (χ0v) is 18.7. The molecule has 3 rings (SSSR count). The Balaban J connectivity index is 1.84. The summed E-state index contributed by atoms with van der Waals surface area (Å²) in [6, 6.07) is 17.5. The van der Waals surface area contributed by atoms with Gasteiger partial charge in [-0.1, -0.05) is 42.0 Å². The molecule has 0 aliphatic heterocycles. The van der Waals surface area contributed by atoms with Crippen LogP contribution in [0.15, 0.2) is 65.6 Å². The number of methoxy groups -OCH3 is 3. The second-order valence-electron chi connectivity index (χ2n) is 6.84. The molecule has 0 aliphatic carbocycles. The van der Waals surface area contributed by atoms with Gasteiger partial charge in [-0.15, -0.1) is 0 Å². The van der Waals surface area contributed by atoms with Crippen LogP contribution < -0.4 is 18.9 Å². The minimum atomic E-state index is -3.66. The van der Waals surface area contributed by atoms with E-state index in [0.29, 0.717) is 22.9 Å². The Kier molecular flexibility index (Phi) is 6.87. The first-order valence-electron chi connectivity index (χ1n) is 9.54. The molecular weight excluding hydrogens is 414 g/mol. The van der Waals surface area contributed by atoms with Crippen LogP contribution in [0.5, 0.6) is 17.2 Å². The van der Waals surface area contributed by atoms with Crippen molar-refractivity contribution in [3.05, 3.63) is 77.4 Å². The van der Waals surface area contributed by atoms with Crippen molar-refractivity contribution in [1.29, 1.82) is 0 Å². The van der Waals surface area contributed by atoms with Gasteiger partial charge < -0.3 is 14.2 Å². The maximum Gasteiger partial charge on any atom is 0.261 e. The van der Waals surface area contributed by atoms with E-state index in [4.69, 9.17) is 14.2 Å². The average molecular weight is 440 g/mol. The highest BCUT2D eigenvalue weighted by Crippen LogP contribution is 2.38. The summed E-state index contributed by atoms with van der Waals surface area (Å²) in [5.74, 6) is 1.64. The smallest absolute Gasteiger partial charge is 0.261 e. The van der Waals surface area contributed by atoms with Crippen molar-refractivity contribution in [3.63, 3.8) is 0 Å². The number of rotatable bonds is 8. The second kappa shape index (κ2) is 9.57. The van der Waals surface area contributed by atoms with E-state index in [9.17, 15) is 8.42 Å². The summed E-state index contributed by atoms with van der Waals surface area (Å²) in [5, 5.41) is 0. The largest absolute Gasteiger partial charge is 0.493 e. The van der Waals surface area contributed by atoms with Crippen LogP contribution in [0.4, 0.5) is 5.69 Å². The SMILES string of the molecule is COc1cc(C=Cc2cccc(NS(=O)(=O)c3ccc(C)cc3)c2)cc(OC)c1OC. The van der Waals surface area contributed by atoms with Crippen LogP contribution in [-0.2, 0) is 10.0 Å². The normalized spacial score (nSPS) is 11.4. The molecule has 0 atom stereocenters. The van der Waals surface area contributed by atoms with Gasteiger partial charge in [0.1, 0.15) is 0 Å². The van der Waals surface area contributed by atoms with Crippen molar-refractivity contribution >= 4 is 27.9 Å². The first-order chi connectivity index (χ1) is 14.9. The van der Waals surface area contributed by atoms with Crippen LogP contribution in [-0.4, -0.2) is 29.7 Å². The van der Waals surface area contributed by atoms with Gasteiger partial charge in [0, 0.05) is 5.69 Å². The van der Waals surface area contributed by atoms with Gasteiger partial charge in [-0.2, -0.15) is 0 Å². The predicted octanol–water partition coefficient (Wildman–Crippen LogP) is 4.99. The molecule has 0 heterocycles. The van der Waals surface area contributed by atoms with Crippen LogP contribution in [0, 0.1) is 6.92 Å². The standard InChI is InChI=1S/C24H25NO5S/c1-17-8-12-21(13-9-17)31(26,27)25-20-7-5-6-18(14-20)10-11-19-15-22(28-2)24(30-4)23(16-19)29-3/h5-16,25H,1-4H3. The van der Waals surface area contributed by atoms with Gasteiger partial charge in [-0.05, 0) is 54.4 Å². The average Bonchev–Trinajstić information content (AvgIpc) is 2.77. The van der Waals surface area contributed by atoms with Crippen molar-refractivity contribution in [1.82, 2.24) is 0 Å². The maximum absolute atomic E-state index is 12.6. The monoisotopic (exact) mass is 439 g/mol. The molecule has 162 valence electrons. The summed E-state index contributed by atoms with van der Waals surface area (Å²) in [6.45, 7) is 1.91. The van der Waals surface area contributed by atoms with Gasteiger partial charge in [0.05, 0.1) is 26.2 Å². The van der Waals surface area contributed by atoms with Crippen LogP contribution >= 0.6 is 0 Å². The topological polar surface area (TPSA) is 73.9 Å². The molecule has 0 fully saturated rings. The molecule has 0 aromatic heterocycles. The van der Waals surface area contributed by atoms with E-state index < -0.39 is 10.0 Å². The Labute approximate surface area is 183 Å². The number of hydrogen-bond donors (Lipinski definition) is 1. The van der Waals surface area contributed by atoms with E-state index in [-0.39, 0.29) is 4.90 Å². The third-order valence-electron chi connectivity index (χ3n) is 4.63. The molecule has 6 nitrogen and oxygen atoms in total. The van der Waals surface area contributed by atoms with E-state index in [2.05, 4.69) is 4.72 Å². The molecule has 0 radical (unpaired) electrons. The number of hydrogen-bond acceptors (Lipinski definition) is 5. The first-order valence-corrected chi connectivity index (χ1v) is 11.0. The highest BCUT2D eigenvalue weighted by Gasteiger charge is 2.14. The molecule has 0 spiro atoms. The lowest BCUT2D eigenvalue weighted by Crippen LogP contribution is -2.12. The van der Waals surface area contributed by atoms with Gasteiger partial charge in [-0.3, -0.25) is 4.72 Å². The van der Waals surface area contributed by atoms with E-state index >= 15 is 0 Å². The number of sulfonamides is 1.